The summed E-state index contributed by atoms with van der Waals surface area (Å²) < 4.78 is 0. The Labute approximate surface area is 117 Å². The summed E-state index contributed by atoms with van der Waals surface area (Å²) in [4.78, 5) is 13.6. The van der Waals surface area contributed by atoms with Crippen LogP contribution in [-0.4, -0.2) is 31.0 Å². The Morgan fingerprint density at radius 2 is 2.22 bits per heavy atom. The summed E-state index contributed by atoms with van der Waals surface area (Å²) in [5.74, 6) is -0.0520. The van der Waals surface area contributed by atoms with E-state index in [0.717, 1.165) is 5.69 Å². The first-order chi connectivity index (χ1) is 8.45. The fourth-order valence-corrected chi connectivity index (χ4v) is 1.93. The van der Waals surface area contributed by atoms with Crippen molar-refractivity contribution in [3.8, 4) is 0 Å². The van der Waals surface area contributed by atoms with Crippen molar-refractivity contribution in [2.45, 2.75) is 6.92 Å². The number of anilines is 1. The van der Waals surface area contributed by atoms with Crippen molar-refractivity contribution in [1.82, 2.24) is 5.32 Å². The fraction of sp³-hybridized carbons (Fsp3) is 0.333. The van der Waals surface area contributed by atoms with E-state index in [1.807, 2.05) is 6.92 Å². The number of likely N-dealkylation sites (N-methyl/N-ethyl adjacent to an activating group) is 2. The molecule has 0 atom stereocenters. The Kier molecular flexibility index (Phi) is 5.37. The molecule has 0 aliphatic rings. The molecular weight excluding hydrogens is 270 g/mol. The molecule has 0 unspecified atom stereocenters. The van der Waals surface area contributed by atoms with Crippen LogP contribution in [-0.2, 0) is 4.79 Å². The molecule has 0 radical (unpaired) electrons. The van der Waals surface area contributed by atoms with E-state index in [1.54, 1.807) is 30.1 Å². The number of rotatable bonds is 5. The number of carbonyl (C=O) groups excluding carboxylic acids is 1. The molecule has 1 rings (SSSR count). The van der Waals surface area contributed by atoms with Crippen molar-refractivity contribution in [1.29, 1.82) is 0 Å². The number of amides is 1. The summed E-state index contributed by atoms with van der Waals surface area (Å²) in [6.07, 6.45) is 0. The number of hydrogen-bond acceptors (Lipinski definition) is 3. The minimum absolute atomic E-state index is 0.0520. The number of carbonyl (C=O) groups is 1. The van der Waals surface area contributed by atoms with Crippen LogP contribution in [0.1, 0.15) is 12.5 Å². The summed E-state index contributed by atoms with van der Waals surface area (Å²) in [6, 6.07) is 5.25. The number of hydrogen-bond donors (Lipinski definition) is 2. The second-order valence-electron chi connectivity index (χ2n) is 3.84. The third-order valence-corrected chi connectivity index (χ3v) is 2.85. The first kappa shape index (κ1) is 14.7. The molecule has 3 N–H and O–H groups in total. The van der Waals surface area contributed by atoms with Gasteiger partial charge in [-0.05, 0) is 25.1 Å². The van der Waals surface area contributed by atoms with E-state index in [0.29, 0.717) is 17.1 Å². The van der Waals surface area contributed by atoms with Crippen LogP contribution >= 0.6 is 23.8 Å². The molecule has 0 saturated heterocycles. The number of halogens is 1. The van der Waals surface area contributed by atoms with Gasteiger partial charge in [0.25, 0.3) is 0 Å². The van der Waals surface area contributed by atoms with Crippen LogP contribution in [0.4, 0.5) is 5.69 Å². The van der Waals surface area contributed by atoms with Gasteiger partial charge >= 0.3 is 0 Å². The third-order valence-electron chi connectivity index (χ3n) is 2.39. The topological polar surface area (TPSA) is 58.4 Å². The zero-order valence-corrected chi connectivity index (χ0v) is 11.9. The molecule has 0 spiro atoms. The van der Waals surface area contributed by atoms with E-state index in [9.17, 15) is 4.79 Å². The zero-order valence-electron chi connectivity index (χ0n) is 10.4. The minimum Gasteiger partial charge on any atom is -0.389 e. The van der Waals surface area contributed by atoms with Gasteiger partial charge < -0.3 is 16.0 Å². The van der Waals surface area contributed by atoms with E-state index in [4.69, 9.17) is 29.6 Å². The number of benzene rings is 1. The molecule has 4 nitrogen and oxygen atoms in total. The number of nitrogens with zero attached hydrogens (tertiary/aromatic N) is 1. The zero-order chi connectivity index (χ0) is 13.7. The Bertz CT molecular complexity index is 465. The molecule has 0 aromatic heterocycles. The highest BCUT2D eigenvalue weighted by Gasteiger charge is 2.12. The summed E-state index contributed by atoms with van der Waals surface area (Å²) >= 11 is 10.9. The van der Waals surface area contributed by atoms with Crippen LogP contribution in [0.5, 0.6) is 0 Å². The van der Waals surface area contributed by atoms with Gasteiger partial charge in [-0.3, -0.25) is 4.79 Å². The van der Waals surface area contributed by atoms with Gasteiger partial charge in [0.15, 0.2) is 0 Å². The van der Waals surface area contributed by atoms with Crippen molar-refractivity contribution >= 4 is 40.4 Å². The Hall–Kier alpha value is -1.33. The molecule has 0 heterocycles. The van der Waals surface area contributed by atoms with Crippen LogP contribution in [0.2, 0.25) is 5.02 Å². The average molecular weight is 286 g/mol. The predicted molar refractivity (Wildman–Crippen MR) is 79.3 cm³/mol. The van der Waals surface area contributed by atoms with Crippen LogP contribution in [0.15, 0.2) is 18.2 Å². The van der Waals surface area contributed by atoms with Gasteiger partial charge in [0.1, 0.15) is 4.99 Å². The van der Waals surface area contributed by atoms with Crippen LogP contribution in [0, 0.1) is 0 Å². The van der Waals surface area contributed by atoms with E-state index >= 15 is 0 Å². The SMILES string of the molecule is CCNC(=O)CN(C)c1ccc(Cl)cc1C(N)=S. The molecule has 1 amide bonds. The summed E-state index contributed by atoms with van der Waals surface area (Å²) in [6.45, 7) is 2.72. The summed E-state index contributed by atoms with van der Waals surface area (Å²) in [7, 11) is 1.81. The molecule has 0 fully saturated rings. The highest BCUT2D eigenvalue weighted by molar-refractivity contribution is 7.80. The monoisotopic (exact) mass is 285 g/mol. The lowest BCUT2D eigenvalue weighted by molar-refractivity contribution is -0.119. The molecule has 0 aliphatic heterocycles. The van der Waals surface area contributed by atoms with Crippen LogP contribution in [0.25, 0.3) is 0 Å². The normalized spacial score (nSPS) is 9.94. The van der Waals surface area contributed by atoms with Crippen molar-refractivity contribution in [2.24, 2.45) is 5.73 Å². The third kappa shape index (κ3) is 3.85. The lowest BCUT2D eigenvalue weighted by Gasteiger charge is -2.21. The van der Waals surface area contributed by atoms with Gasteiger partial charge in [0.2, 0.25) is 5.91 Å². The molecule has 18 heavy (non-hydrogen) atoms. The molecule has 1 aromatic carbocycles. The van der Waals surface area contributed by atoms with E-state index in [1.165, 1.54) is 0 Å². The smallest absolute Gasteiger partial charge is 0.239 e. The predicted octanol–water partition coefficient (Wildman–Crippen LogP) is 1.55. The fourth-order valence-electron chi connectivity index (χ4n) is 1.59. The van der Waals surface area contributed by atoms with Gasteiger partial charge in [0, 0.05) is 29.9 Å². The van der Waals surface area contributed by atoms with E-state index in [-0.39, 0.29) is 17.4 Å². The van der Waals surface area contributed by atoms with Crippen molar-refractivity contribution in [2.75, 3.05) is 25.0 Å². The summed E-state index contributed by atoms with van der Waals surface area (Å²) in [5, 5.41) is 3.30. The largest absolute Gasteiger partial charge is 0.389 e. The lowest BCUT2D eigenvalue weighted by Crippen LogP contribution is -2.35. The highest BCUT2D eigenvalue weighted by atomic mass is 35.5. The molecule has 1 aromatic rings. The van der Waals surface area contributed by atoms with Crippen molar-refractivity contribution in [3.05, 3.63) is 28.8 Å². The van der Waals surface area contributed by atoms with Gasteiger partial charge in [-0.25, -0.2) is 0 Å². The maximum Gasteiger partial charge on any atom is 0.239 e. The molecule has 0 bridgehead atoms. The van der Waals surface area contributed by atoms with Gasteiger partial charge in [-0.15, -0.1) is 0 Å². The Morgan fingerprint density at radius 1 is 1.56 bits per heavy atom. The maximum absolute atomic E-state index is 11.5. The quantitative estimate of drug-likeness (QED) is 0.806. The number of nitrogens with two attached hydrogens (primary N) is 1. The second-order valence-corrected chi connectivity index (χ2v) is 4.71. The van der Waals surface area contributed by atoms with E-state index in [2.05, 4.69) is 5.32 Å². The maximum atomic E-state index is 11.5. The highest BCUT2D eigenvalue weighted by Crippen LogP contribution is 2.23. The number of nitrogens with one attached hydrogen (secondary N) is 1. The minimum atomic E-state index is -0.0520. The number of thiocarbonyl (C=S) groups is 1. The van der Waals surface area contributed by atoms with E-state index < -0.39 is 0 Å². The first-order valence-electron chi connectivity index (χ1n) is 5.53. The molecular formula is C12H16ClN3OS. The van der Waals surface area contributed by atoms with Crippen molar-refractivity contribution < 1.29 is 4.79 Å². The van der Waals surface area contributed by atoms with Gasteiger partial charge in [-0.2, -0.15) is 0 Å². The van der Waals surface area contributed by atoms with Crippen LogP contribution < -0.4 is 16.0 Å². The summed E-state index contributed by atoms with van der Waals surface area (Å²) in [5.41, 5.74) is 7.12. The molecule has 6 heteroatoms. The molecule has 0 saturated carbocycles. The first-order valence-corrected chi connectivity index (χ1v) is 6.31. The van der Waals surface area contributed by atoms with Gasteiger partial charge in [-0.1, -0.05) is 23.8 Å². The molecule has 0 aliphatic carbocycles. The lowest BCUT2D eigenvalue weighted by atomic mass is 10.1. The average Bonchev–Trinajstić information content (AvgIpc) is 2.28. The van der Waals surface area contributed by atoms with Crippen molar-refractivity contribution in [3.63, 3.8) is 0 Å². The van der Waals surface area contributed by atoms with Crippen LogP contribution in [0.3, 0.4) is 0 Å². The second kappa shape index (κ2) is 6.56. The Balaban J connectivity index is 2.94. The standard InChI is InChI=1S/C12H16ClN3OS/c1-3-15-11(17)7-16(2)10-5-4-8(13)6-9(10)12(14)18/h4-6H,3,7H2,1-2H3,(H2,14,18)(H,15,17). The van der Waals surface area contributed by atoms with Gasteiger partial charge in [0.05, 0.1) is 6.54 Å². The molecule has 98 valence electrons. The Morgan fingerprint density at radius 3 is 2.78 bits per heavy atom.